The molecule has 0 saturated heterocycles. The Hall–Kier alpha value is -1.97. The number of benzene rings is 1. The van der Waals surface area contributed by atoms with Gasteiger partial charge in [0, 0.05) is 18.3 Å². The van der Waals surface area contributed by atoms with Crippen LogP contribution in [0.5, 0.6) is 5.75 Å². The van der Waals surface area contributed by atoms with Gasteiger partial charge in [-0.05, 0) is 43.5 Å². The van der Waals surface area contributed by atoms with E-state index in [4.69, 9.17) is 9.84 Å². The van der Waals surface area contributed by atoms with Crippen LogP contribution in [0.3, 0.4) is 0 Å². The molecule has 1 aromatic rings. The summed E-state index contributed by atoms with van der Waals surface area (Å²) in [6.07, 6.45) is 2.72. The van der Waals surface area contributed by atoms with Gasteiger partial charge in [-0.2, -0.15) is 0 Å². The van der Waals surface area contributed by atoms with Gasteiger partial charge in [0.05, 0.1) is 7.11 Å². The molecule has 0 aliphatic rings. The number of aliphatic carboxylic acids is 1. The predicted molar refractivity (Wildman–Crippen MR) is 72.5 cm³/mol. The van der Waals surface area contributed by atoms with Gasteiger partial charge in [-0.1, -0.05) is 6.08 Å². The molecule has 98 valence electrons. The molecular weight excluding hydrogens is 230 g/mol. The number of anilines is 1. The van der Waals surface area contributed by atoms with Gasteiger partial charge >= 0.3 is 5.97 Å². The molecule has 0 atom stereocenters. The Morgan fingerprint density at radius 1 is 1.39 bits per heavy atom. The van der Waals surface area contributed by atoms with Crippen LogP contribution in [0, 0.1) is 20.8 Å². The highest BCUT2D eigenvalue weighted by Crippen LogP contribution is 2.30. The number of hydrogen-bond donors (Lipinski definition) is 2. The lowest BCUT2D eigenvalue weighted by Gasteiger charge is -2.16. The number of carboxylic acids is 1. The van der Waals surface area contributed by atoms with Crippen molar-refractivity contribution in [3.05, 3.63) is 34.9 Å². The smallest absolute Gasteiger partial charge is 0.328 e. The number of methoxy groups -OCH3 is 1. The van der Waals surface area contributed by atoms with Crippen molar-refractivity contribution in [2.45, 2.75) is 20.8 Å². The zero-order chi connectivity index (χ0) is 13.7. The minimum Gasteiger partial charge on any atom is -0.496 e. The highest BCUT2D eigenvalue weighted by Gasteiger charge is 2.09. The van der Waals surface area contributed by atoms with E-state index in [9.17, 15) is 4.79 Å². The van der Waals surface area contributed by atoms with Gasteiger partial charge in [0.25, 0.3) is 0 Å². The molecule has 0 saturated carbocycles. The van der Waals surface area contributed by atoms with E-state index < -0.39 is 5.97 Å². The SMILES string of the molecule is COc1cc(C)c(NC/C=C/C(=O)O)c(C)c1C. The average Bonchev–Trinajstić information content (AvgIpc) is 2.32. The Bertz CT molecular complexity index is 478. The summed E-state index contributed by atoms with van der Waals surface area (Å²) in [4.78, 5) is 10.4. The van der Waals surface area contributed by atoms with Crippen LogP contribution in [0.25, 0.3) is 0 Å². The molecule has 1 aromatic carbocycles. The number of aryl methyl sites for hydroxylation is 1. The van der Waals surface area contributed by atoms with E-state index in [0.717, 1.165) is 34.2 Å². The molecule has 18 heavy (non-hydrogen) atoms. The highest BCUT2D eigenvalue weighted by atomic mass is 16.5. The van der Waals surface area contributed by atoms with E-state index in [2.05, 4.69) is 5.32 Å². The number of carboxylic acid groups (broad SMARTS) is 1. The summed E-state index contributed by atoms with van der Waals surface area (Å²) in [6, 6.07) is 1.98. The maximum Gasteiger partial charge on any atom is 0.328 e. The van der Waals surface area contributed by atoms with Crippen molar-refractivity contribution in [3.8, 4) is 5.75 Å². The van der Waals surface area contributed by atoms with Crippen molar-refractivity contribution in [2.75, 3.05) is 19.0 Å². The summed E-state index contributed by atoms with van der Waals surface area (Å²) >= 11 is 0. The van der Waals surface area contributed by atoms with E-state index in [0.29, 0.717) is 6.54 Å². The third-order valence-electron chi connectivity index (χ3n) is 2.93. The third kappa shape index (κ3) is 3.26. The number of ether oxygens (including phenoxy) is 1. The average molecular weight is 249 g/mol. The summed E-state index contributed by atoms with van der Waals surface area (Å²) in [5.74, 6) is -0.0622. The normalized spacial score (nSPS) is 10.7. The van der Waals surface area contributed by atoms with Gasteiger partial charge in [0.1, 0.15) is 5.75 Å². The van der Waals surface area contributed by atoms with Crippen molar-refractivity contribution in [1.82, 2.24) is 0 Å². The Kier molecular flexibility index (Phi) is 4.77. The van der Waals surface area contributed by atoms with Crippen molar-refractivity contribution in [2.24, 2.45) is 0 Å². The first-order valence-corrected chi connectivity index (χ1v) is 5.75. The van der Waals surface area contributed by atoms with Crippen LogP contribution in [0.4, 0.5) is 5.69 Å². The van der Waals surface area contributed by atoms with Gasteiger partial charge in [0.15, 0.2) is 0 Å². The molecule has 0 unspecified atom stereocenters. The van der Waals surface area contributed by atoms with Gasteiger partial charge in [-0.15, -0.1) is 0 Å². The van der Waals surface area contributed by atoms with Crippen LogP contribution in [0.2, 0.25) is 0 Å². The van der Waals surface area contributed by atoms with Crippen LogP contribution in [-0.4, -0.2) is 24.7 Å². The molecule has 0 radical (unpaired) electrons. The molecular formula is C14H19NO3. The van der Waals surface area contributed by atoms with E-state index in [-0.39, 0.29) is 0 Å². The fraction of sp³-hybridized carbons (Fsp3) is 0.357. The molecule has 0 amide bonds. The first-order valence-electron chi connectivity index (χ1n) is 5.75. The molecule has 0 spiro atoms. The standard InChI is InChI=1S/C14H19NO3/c1-9-8-12(18-4)10(2)11(3)14(9)15-7-5-6-13(16)17/h5-6,8,15H,7H2,1-4H3,(H,16,17)/b6-5+. The minimum absolute atomic E-state index is 0.486. The zero-order valence-electron chi connectivity index (χ0n) is 11.2. The van der Waals surface area contributed by atoms with Crippen molar-refractivity contribution >= 4 is 11.7 Å². The van der Waals surface area contributed by atoms with Crippen LogP contribution in [0.15, 0.2) is 18.2 Å². The molecule has 0 fully saturated rings. The van der Waals surface area contributed by atoms with Crippen LogP contribution in [0.1, 0.15) is 16.7 Å². The van der Waals surface area contributed by atoms with Gasteiger partial charge < -0.3 is 15.2 Å². The van der Waals surface area contributed by atoms with E-state index >= 15 is 0 Å². The summed E-state index contributed by atoms with van der Waals surface area (Å²) in [5, 5.41) is 11.7. The molecule has 4 nitrogen and oxygen atoms in total. The molecule has 0 aliphatic carbocycles. The second-order valence-corrected chi connectivity index (χ2v) is 4.14. The lowest BCUT2D eigenvalue weighted by atomic mass is 10.0. The van der Waals surface area contributed by atoms with Gasteiger partial charge in [0.2, 0.25) is 0 Å². The van der Waals surface area contributed by atoms with Crippen molar-refractivity contribution in [1.29, 1.82) is 0 Å². The summed E-state index contributed by atoms with van der Waals surface area (Å²) < 4.78 is 5.30. The second kappa shape index (κ2) is 6.10. The summed E-state index contributed by atoms with van der Waals surface area (Å²) in [5.41, 5.74) is 4.32. The summed E-state index contributed by atoms with van der Waals surface area (Å²) in [7, 11) is 1.66. The Balaban J connectivity index is 2.90. The third-order valence-corrected chi connectivity index (χ3v) is 2.93. The number of rotatable bonds is 5. The summed E-state index contributed by atoms with van der Waals surface area (Å²) in [6.45, 7) is 6.51. The van der Waals surface area contributed by atoms with Crippen LogP contribution < -0.4 is 10.1 Å². The lowest BCUT2D eigenvalue weighted by Crippen LogP contribution is -2.05. The maximum atomic E-state index is 10.4. The zero-order valence-corrected chi connectivity index (χ0v) is 11.2. The van der Waals surface area contributed by atoms with E-state index in [1.807, 2.05) is 26.8 Å². The molecule has 1 rings (SSSR count). The fourth-order valence-corrected chi connectivity index (χ4v) is 1.85. The Morgan fingerprint density at radius 2 is 2.06 bits per heavy atom. The van der Waals surface area contributed by atoms with E-state index in [1.54, 1.807) is 13.2 Å². The molecule has 4 heteroatoms. The molecule has 0 aromatic heterocycles. The molecule has 2 N–H and O–H groups in total. The minimum atomic E-state index is -0.934. The monoisotopic (exact) mass is 249 g/mol. The fourth-order valence-electron chi connectivity index (χ4n) is 1.85. The lowest BCUT2D eigenvalue weighted by molar-refractivity contribution is -0.131. The molecule has 0 aliphatic heterocycles. The van der Waals surface area contributed by atoms with Crippen LogP contribution in [-0.2, 0) is 4.79 Å². The van der Waals surface area contributed by atoms with Gasteiger partial charge in [-0.25, -0.2) is 4.79 Å². The van der Waals surface area contributed by atoms with Gasteiger partial charge in [-0.3, -0.25) is 0 Å². The Labute approximate surface area is 107 Å². The molecule has 0 heterocycles. The first-order chi connectivity index (χ1) is 8.47. The maximum absolute atomic E-state index is 10.4. The molecule has 0 bridgehead atoms. The predicted octanol–water partition coefficient (Wildman–Crippen LogP) is 2.67. The number of nitrogens with one attached hydrogen (secondary N) is 1. The quantitative estimate of drug-likeness (QED) is 0.788. The topological polar surface area (TPSA) is 58.6 Å². The Morgan fingerprint density at radius 3 is 2.61 bits per heavy atom. The first kappa shape index (κ1) is 14.1. The number of hydrogen-bond acceptors (Lipinski definition) is 3. The second-order valence-electron chi connectivity index (χ2n) is 4.14. The van der Waals surface area contributed by atoms with Crippen LogP contribution >= 0.6 is 0 Å². The van der Waals surface area contributed by atoms with Crippen molar-refractivity contribution in [3.63, 3.8) is 0 Å². The van der Waals surface area contributed by atoms with Crippen molar-refractivity contribution < 1.29 is 14.6 Å². The highest BCUT2D eigenvalue weighted by molar-refractivity contribution is 5.79. The number of carbonyl (C=O) groups is 1. The largest absolute Gasteiger partial charge is 0.496 e. The van der Waals surface area contributed by atoms with E-state index in [1.165, 1.54) is 0 Å².